The molecule has 0 aliphatic carbocycles. The van der Waals surface area contributed by atoms with Gasteiger partial charge in [-0.1, -0.05) is 18.2 Å². The summed E-state index contributed by atoms with van der Waals surface area (Å²) in [4.78, 5) is 29.8. The van der Waals surface area contributed by atoms with Crippen LogP contribution in [0.25, 0.3) is 22.4 Å². The standard InChI is InChI=1S/C18H16ClN5O2/c1-2-15(25)24-3-4-26-8-14(24)11-5-12(7-13(19)6-11)16-17-18(22-9-20-16)23-10-21-17/h2,5-7,9-10,14H,1,3-4,8H2,(H,20,21,22,23)/t14-/m0/s1. The number of amides is 1. The second-order valence-electron chi connectivity index (χ2n) is 5.92. The van der Waals surface area contributed by atoms with E-state index in [4.69, 9.17) is 16.3 Å². The van der Waals surface area contributed by atoms with Crippen molar-refractivity contribution in [1.82, 2.24) is 24.8 Å². The maximum atomic E-state index is 12.2. The van der Waals surface area contributed by atoms with Crippen molar-refractivity contribution in [3.63, 3.8) is 0 Å². The number of nitrogens with one attached hydrogen (secondary N) is 1. The van der Waals surface area contributed by atoms with E-state index < -0.39 is 0 Å². The number of aromatic nitrogens is 4. The molecule has 1 aliphatic heterocycles. The maximum Gasteiger partial charge on any atom is 0.246 e. The van der Waals surface area contributed by atoms with Gasteiger partial charge in [-0.2, -0.15) is 0 Å². The van der Waals surface area contributed by atoms with Gasteiger partial charge in [0, 0.05) is 17.1 Å². The molecule has 8 heteroatoms. The molecular weight excluding hydrogens is 354 g/mol. The van der Waals surface area contributed by atoms with Crippen LogP contribution in [0, 0.1) is 0 Å². The molecule has 0 bridgehead atoms. The van der Waals surface area contributed by atoms with Gasteiger partial charge in [-0.15, -0.1) is 0 Å². The minimum absolute atomic E-state index is 0.128. The van der Waals surface area contributed by atoms with E-state index in [-0.39, 0.29) is 11.9 Å². The Bertz CT molecular complexity index is 987. The minimum atomic E-state index is -0.233. The fourth-order valence-corrected chi connectivity index (χ4v) is 3.42. The first kappa shape index (κ1) is 16.7. The van der Waals surface area contributed by atoms with Crippen molar-refractivity contribution >= 4 is 28.7 Å². The first-order valence-electron chi connectivity index (χ1n) is 8.13. The Kier molecular flexibility index (Phi) is 4.40. The summed E-state index contributed by atoms with van der Waals surface area (Å²) in [5.74, 6) is -0.128. The number of benzene rings is 1. The fourth-order valence-electron chi connectivity index (χ4n) is 3.18. The summed E-state index contributed by atoms with van der Waals surface area (Å²) < 4.78 is 5.59. The molecule has 3 heterocycles. The Morgan fingerprint density at radius 1 is 1.35 bits per heavy atom. The van der Waals surface area contributed by atoms with Crippen LogP contribution in [0.2, 0.25) is 5.02 Å². The van der Waals surface area contributed by atoms with E-state index in [1.165, 1.54) is 12.4 Å². The first-order valence-corrected chi connectivity index (χ1v) is 8.51. The number of hydrogen-bond acceptors (Lipinski definition) is 5. The number of H-pyrrole nitrogens is 1. The van der Waals surface area contributed by atoms with Crippen LogP contribution in [0.3, 0.4) is 0 Å². The lowest BCUT2D eigenvalue weighted by Gasteiger charge is -2.35. The van der Waals surface area contributed by atoms with Crippen molar-refractivity contribution in [3.05, 3.63) is 54.1 Å². The molecule has 132 valence electrons. The molecule has 1 fully saturated rings. The number of fused-ring (bicyclic) bond motifs is 1. The van der Waals surface area contributed by atoms with Gasteiger partial charge in [0.15, 0.2) is 5.65 Å². The third kappa shape index (κ3) is 2.95. The zero-order valence-electron chi connectivity index (χ0n) is 13.9. The predicted molar refractivity (Wildman–Crippen MR) is 97.6 cm³/mol. The minimum Gasteiger partial charge on any atom is -0.377 e. The summed E-state index contributed by atoms with van der Waals surface area (Å²) in [5, 5.41) is 0.552. The van der Waals surface area contributed by atoms with Crippen LogP contribution < -0.4 is 0 Å². The highest BCUT2D eigenvalue weighted by atomic mass is 35.5. The highest BCUT2D eigenvalue weighted by Gasteiger charge is 2.28. The average Bonchev–Trinajstić information content (AvgIpc) is 3.15. The van der Waals surface area contributed by atoms with Crippen LogP contribution in [-0.4, -0.2) is 50.5 Å². The van der Waals surface area contributed by atoms with Gasteiger partial charge in [0.05, 0.1) is 25.6 Å². The summed E-state index contributed by atoms with van der Waals surface area (Å²) >= 11 is 6.37. The van der Waals surface area contributed by atoms with Gasteiger partial charge in [-0.3, -0.25) is 4.79 Å². The maximum absolute atomic E-state index is 12.2. The number of aromatic amines is 1. The second kappa shape index (κ2) is 6.86. The van der Waals surface area contributed by atoms with Gasteiger partial charge in [0.25, 0.3) is 0 Å². The number of rotatable bonds is 3. The van der Waals surface area contributed by atoms with Crippen LogP contribution in [0.15, 0.2) is 43.5 Å². The Hall–Kier alpha value is -2.77. The number of morpholine rings is 1. The van der Waals surface area contributed by atoms with E-state index in [1.54, 1.807) is 11.2 Å². The molecule has 7 nitrogen and oxygen atoms in total. The molecule has 26 heavy (non-hydrogen) atoms. The summed E-state index contributed by atoms with van der Waals surface area (Å²) in [6.45, 7) is 5.00. The third-order valence-electron chi connectivity index (χ3n) is 4.38. The molecule has 0 radical (unpaired) electrons. The first-order chi connectivity index (χ1) is 12.7. The Morgan fingerprint density at radius 2 is 2.23 bits per heavy atom. The van der Waals surface area contributed by atoms with Crippen LogP contribution >= 0.6 is 11.6 Å². The van der Waals surface area contributed by atoms with Gasteiger partial charge in [-0.05, 0) is 29.8 Å². The van der Waals surface area contributed by atoms with E-state index in [9.17, 15) is 4.79 Å². The van der Waals surface area contributed by atoms with Gasteiger partial charge < -0.3 is 14.6 Å². The number of hydrogen-bond donors (Lipinski definition) is 1. The van der Waals surface area contributed by atoms with Crippen LogP contribution in [0.5, 0.6) is 0 Å². The summed E-state index contributed by atoms with van der Waals surface area (Å²) in [6, 6.07) is 5.40. The van der Waals surface area contributed by atoms with Crippen LogP contribution in [0.1, 0.15) is 11.6 Å². The highest BCUT2D eigenvalue weighted by Crippen LogP contribution is 2.32. The molecule has 1 aromatic carbocycles. The number of imidazole rings is 1. The van der Waals surface area contributed by atoms with E-state index in [0.29, 0.717) is 41.6 Å². The van der Waals surface area contributed by atoms with Crippen molar-refractivity contribution in [1.29, 1.82) is 0 Å². The lowest BCUT2D eigenvalue weighted by Crippen LogP contribution is -2.42. The lowest BCUT2D eigenvalue weighted by molar-refractivity contribution is -0.134. The number of nitrogens with zero attached hydrogens (tertiary/aromatic N) is 4. The monoisotopic (exact) mass is 369 g/mol. The molecule has 1 atom stereocenters. The normalized spacial score (nSPS) is 17.4. The van der Waals surface area contributed by atoms with Crippen molar-refractivity contribution in [2.75, 3.05) is 19.8 Å². The fraction of sp³-hybridized carbons (Fsp3) is 0.222. The largest absolute Gasteiger partial charge is 0.377 e. The molecule has 1 aliphatic rings. The predicted octanol–water partition coefficient (Wildman–Crippen LogP) is 2.76. The van der Waals surface area contributed by atoms with Gasteiger partial charge in [-0.25, -0.2) is 15.0 Å². The van der Waals surface area contributed by atoms with Crippen molar-refractivity contribution < 1.29 is 9.53 Å². The van der Waals surface area contributed by atoms with Gasteiger partial charge >= 0.3 is 0 Å². The molecule has 1 amide bonds. The Balaban J connectivity index is 1.80. The molecule has 1 N–H and O–H groups in total. The summed E-state index contributed by atoms with van der Waals surface area (Å²) in [6.07, 6.45) is 4.38. The highest BCUT2D eigenvalue weighted by molar-refractivity contribution is 6.31. The number of ether oxygens (including phenoxy) is 1. The van der Waals surface area contributed by atoms with Crippen LogP contribution in [-0.2, 0) is 9.53 Å². The topological polar surface area (TPSA) is 84.0 Å². The zero-order valence-corrected chi connectivity index (χ0v) is 14.6. The Labute approximate surface area is 154 Å². The molecule has 1 saturated heterocycles. The molecule has 3 aromatic rings. The number of carbonyl (C=O) groups excluding carboxylic acids is 1. The molecule has 4 rings (SSSR count). The smallest absolute Gasteiger partial charge is 0.246 e. The van der Waals surface area contributed by atoms with Crippen LogP contribution in [0.4, 0.5) is 0 Å². The molecule has 2 aromatic heterocycles. The second-order valence-corrected chi connectivity index (χ2v) is 6.36. The van der Waals surface area contributed by atoms with Gasteiger partial charge in [0.1, 0.15) is 17.5 Å². The molecule has 0 spiro atoms. The number of halogens is 1. The van der Waals surface area contributed by atoms with Crippen molar-refractivity contribution in [2.45, 2.75) is 6.04 Å². The molecule has 0 saturated carbocycles. The molecule has 0 unspecified atom stereocenters. The quantitative estimate of drug-likeness (QED) is 0.717. The van der Waals surface area contributed by atoms with Crippen molar-refractivity contribution in [3.8, 4) is 11.3 Å². The molecular formula is C18H16ClN5O2. The van der Waals surface area contributed by atoms with E-state index in [1.807, 2.05) is 18.2 Å². The zero-order chi connectivity index (χ0) is 18.1. The summed E-state index contributed by atoms with van der Waals surface area (Å²) in [5.41, 5.74) is 3.69. The SMILES string of the molecule is C=CC(=O)N1CCOC[C@H]1c1cc(Cl)cc(-c2ncnc3[nH]cnc23)c1. The Morgan fingerprint density at radius 3 is 3.08 bits per heavy atom. The average molecular weight is 370 g/mol. The third-order valence-corrected chi connectivity index (χ3v) is 4.60. The van der Waals surface area contributed by atoms with E-state index in [0.717, 1.165) is 11.1 Å². The number of carbonyl (C=O) groups is 1. The summed E-state index contributed by atoms with van der Waals surface area (Å²) in [7, 11) is 0. The van der Waals surface area contributed by atoms with Crippen molar-refractivity contribution in [2.24, 2.45) is 0 Å². The van der Waals surface area contributed by atoms with E-state index >= 15 is 0 Å². The lowest BCUT2D eigenvalue weighted by atomic mass is 10.00. The van der Waals surface area contributed by atoms with E-state index in [2.05, 4.69) is 26.5 Å². The van der Waals surface area contributed by atoms with Gasteiger partial charge in [0.2, 0.25) is 5.91 Å².